The van der Waals surface area contributed by atoms with Gasteiger partial charge in [-0.05, 0) is 48.7 Å². The molecule has 2 rings (SSSR count). The average molecular weight is 339 g/mol. The number of hydrogen-bond donors (Lipinski definition) is 1. The topological polar surface area (TPSA) is 34.0 Å². The average Bonchev–Trinajstić information content (AvgIpc) is 2.93. The minimum absolute atomic E-state index is 0.00640. The van der Waals surface area contributed by atoms with Gasteiger partial charge in [0.05, 0.1) is 0 Å². The summed E-state index contributed by atoms with van der Waals surface area (Å²) in [6.45, 7) is 3.72. The van der Waals surface area contributed by atoms with E-state index in [-0.39, 0.29) is 24.6 Å². The molecule has 7 heteroatoms. The Hall–Kier alpha value is -0.980. The van der Waals surface area contributed by atoms with Gasteiger partial charge in [-0.15, -0.1) is 0 Å². The molecule has 106 valence electrons. The molecule has 1 aromatic rings. The molecule has 1 amide bonds. The summed E-state index contributed by atoms with van der Waals surface area (Å²) in [4.78, 5) is 12.0. The minimum Gasteiger partial charge on any atom is -0.340 e. The van der Waals surface area contributed by atoms with Crippen LogP contribution in [0.4, 0.5) is 13.2 Å². The van der Waals surface area contributed by atoms with Crippen LogP contribution in [-0.4, -0.2) is 22.2 Å². The number of rotatable bonds is 3. The zero-order chi connectivity index (χ0) is 14.4. The van der Waals surface area contributed by atoms with Crippen LogP contribution in [0.15, 0.2) is 16.7 Å². The van der Waals surface area contributed by atoms with Crippen molar-refractivity contribution in [1.29, 1.82) is 0 Å². The van der Waals surface area contributed by atoms with Gasteiger partial charge in [-0.25, -0.2) is 0 Å². The molecular weight excluding hydrogens is 325 g/mol. The molecule has 1 fully saturated rings. The maximum Gasteiger partial charge on any atom is 0.411 e. The van der Waals surface area contributed by atoms with Crippen LogP contribution in [0, 0.1) is 0 Å². The van der Waals surface area contributed by atoms with E-state index in [1.165, 1.54) is 6.07 Å². The van der Waals surface area contributed by atoms with E-state index in [0.717, 1.165) is 0 Å². The van der Waals surface area contributed by atoms with E-state index in [0.29, 0.717) is 4.47 Å². The largest absolute Gasteiger partial charge is 0.411 e. The first-order chi connectivity index (χ1) is 8.66. The standard InChI is InChI=1S/C12H14BrF3N2O/c1-7(2)18-6-8(13)5-9(18)10(19)17-11(3-4-11)12(14,15)16/h5-7H,3-4H2,1-2H3,(H,17,19). The predicted octanol–water partition coefficient (Wildman–Crippen LogP) is 3.66. The molecule has 3 nitrogen and oxygen atoms in total. The molecule has 0 saturated heterocycles. The van der Waals surface area contributed by atoms with Gasteiger partial charge in [-0.1, -0.05) is 0 Å². The van der Waals surface area contributed by atoms with Crippen LogP contribution in [0.3, 0.4) is 0 Å². The van der Waals surface area contributed by atoms with Gasteiger partial charge in [0.25, 0.3) is 5.91 Å². The van der Waals surface area contributed by atoms with E-state index in [1.54, 1.807) is 10.8 Å². The highest BCUT2D eigenvalue weighted by molar-refractivity contribution is 9.10. The highest BCUT2D eigenvalue weighted by atomic mass is 79.9. The Morgan fingerprint density at radius 3 is 2.47 bits per heavy atom. The second-order valence-corrected chi connectivity index (χ2v) is 5.99. The molecule has 0 atom stereocenters. The smallest absolute Gasteiger partial charge is 0.340 e. The lowest BCUT2D eigenvalue weighted by atomic mass is 10.2. The molecule has 0 spiro atoms. The van der Waals surface area contributed by atoms with Crippen molar-refractivity contribution in [3.05, 3.63) is 22.4 Å². The van der Waals surface area contributed by atoms with Crippen molar-refractivity contribution < 1.29 is 18.0 Å². The molecule has 0 radical (unpaired) electrons. The van der Waals surface area contributed by atoms with Crippen LogP contribution < -0.4 is 5.32 Å². The number of hydrogen-bond acceptors (Lipinski definition) is 1. The lowest BCUT2D eigenvalue weighted by Crippen LogP contribution is -2.48. The number of halogens is 4. The Morgan fingerprint density at radius 1 is 1.47 bits per heavy atom. The van der Waals surface area contributed by atoms with Crippen LogP contribution in [-0.2, 0) is 0 Å². The normalized spacial score (nSPS) is 17.6. The van der Waals surface area contributed by atoms with E-state index in [1.807, 2.05) is 13.8 Å². The fraction of sp³-hybridized carbons (Fsp3) is 0.583. The number of nitrogens with one attached hydrogen (secondary N) is 1. The van der Waals surface area contributed by atoms with Gasteiger partial charge in [0.1, 0.15) is 11.2 Å². The van der Waals surface area contributed by atoms with E-state index in [2.05, 4.69) is 21.2 Å². The van der Waals surface area contributed by atoms with Crippen LogP contribution in [0.5, 0.6) is 0 Å². The number of carbonyl (C=O) groups excluding carboxylic acids is 1. The summed E-state index contributed by atoms with van der Waals surface area (Å²) >= 11 is 3.23. The van der Waals surface area contributed by atoms with E-state index in [9.17, 15) is 18.0 Å². The van der Waals surface area contributed by atoms with Crippen molar-refractivity contribution in [2.24, 2.45) is 0 Å². The molecule has 1 heterocycles. The van der Waals surface area contributed by atoms with Crippen molar-refractivity contribution in [3.8, 4) is 0 Å². The van der Waals surface area contributed by atoms with Crippen molar-refractivity contribution in [2.45, 2.75) is 44.4 Å². The molecule has 0 aromatic carbocycles. The summed E-state index contributed by atoms with van der Waals surface area (Å²) in [5.74, 6) is -0.686. The molecule has 0 bridgehead atoms. The lowest BCUT2D eigenvalue weighted by molar-refractivity contribution is -0.163. The van der Waals surface area contributed by atoms with Crippen molar-refractivity contribution in [2.75, 3.05) is 0 Å². The van der Waals surface area contributed by atoms with Crippen molar-refractivity contribution >= 4 is 21.8 Å². The van der Waals surface area contributed by atoms with Crippen LogP contribution in [0.25, 0.3) is 0 Å². The number of aromatic nitrogens is 1. The summed E-state index contributed by atoms with van der Waals surface area (Å²) < 4.78 is 40.7. The summed E-state index contributed by atoms with van der Waals surface area (Å²) in [6, 6.07) is 1.52. The Morgan fingerprint density at radius 2 is 2.05 bits per heavy atom. The molecule has 1 saturated carbocycles. The number of nitrogens with zero attached hydrogens (tertiary/aromatic N) is 1. The third kappa shape index (κ3) is 2.66. The molecular formula is C12H14BrF3N2O. The first kappa shape index (κ1) is 14.4. The van der Waals surface area contributed by atoms with Gasteiger partial charge in [0.15, 0.2) is 0 Å². The molecule has 1 aliphatic rings. The SMILES string of the molecule is CC(C)n1cc(Br)cc1C(=O)NC1(C(F)(F)F)CC1. The number of carbonyl (C=O) groups is 1. The zero-order valence-corrected chi connectivity index (χ0v) is 12.1. The van der Waals surface area contributed by atoms with Crippen molar-refractivity contribution in [3.63, 3.8) is 0 Å². The third-order valence-electron chi connectivity index (χ3n) is 3.25. The lowest BCUT2D eigenvalue weighted by Gasteiger charge is -2.21. The maximum atomic E-state index is 12.8. The van der Waals surface area contributed by atoms with E-state index < -0.39 is 17.6 Å². The maximum absolute atomic E-state index is 12.8. The summed E-state index contributed by atoms with van der Waals surface area (Å²) in [5.41, 5.74) is -1.79. The summed E-state index contributed by atoms with van der Waals surface area (Å²) in [5, 5.41) is 2.13. The van der Waals surface area contributed by atoms with Gasteiger partial charge in [-0.3, -0.25) is 4.79 Å². The molecule has 1 aliphatic carbocycles. The minimum atomic E-state index is -4.39. The summed E-state index contributed by atoms with van der Waals surface area (Å²) in [6.07, 6.45) is -2.81. The fourth-order valence-electron chi connectivity index (χ4n) is 1.94. The second-order valence-electron chi connectivity index (χ2n) is 5.08. The Bertz CT molecular complexity index is 504. The first-order valence-corrected chi connectivity index (χ1v) is 6.72. The summed E-state index contributed by atoms with van der Waals surface area (Å²) in [7, 11) is 0. The van der Waals surface area contributed by atoms with E-state index >= 15 is 0 Å². The molecule has 1 aromatic heterocycles. The zero-order valence-electron chi connectivity index (χ0n) is 10.5. The Labute approximate surface area is 117 Å². The van der Waals surface area contributed by atoms with Crippen molar-refractivity contribution in [1.82, 2.24) is 9.88 Å². The Balaban J connectivity index is 2.22. The van der Waals surface area contributed by atoms with Crippen LogP contribution >= 0.6 is 15.9 Å². The fourth-order valence-corrected chi connectivity index (χ4v) is 2.38. The second kappa shape index (κ2) is 4.54. The number of alkyl halides is 3. The van der Waals surface area contributed by atoms with Gasteiger partial charge < -0.3 is 9.88 Å². The quantitative estimate of drug-likeness (QED) is 0.896. The van der Waals surface area contributed by atoms with Gasteiger partial charge >= 0.3 is 6.18 Å². The van der Waals surface area contributed by atoms with E-state index in [4.69, 9.17) is 0 Å². The van der Waals surface area contributed by atoms with Gasteiger partial charge in [0.2, 0.25) is 0 Å². The molecule has 0 unspecified atom stereocenters. The van der Waals surface area contributed by atoms with Crippen LogP contribution in [0.2, 0.25) is 0 Å². The highest BCUT2D eigenvalue weighted by Gasteiger charge is 2.64. The third-order valence-corrected chi connectivity index (χ3v) is 3.68. The van der Waals surface area contributed by atoms with Crippen LogP contribution in [0.1, 0.15) is 43.2 Å². The molecule has 0 aliphatic heterocycles. The predicted molar refractivity (Wildman–Crippen MR) is 68.0 cm³/mol. The number of amides is 1. The monoisotopic (exact) mass is 338 g/mol. The molecule has 19 heavy (non-hydrogen) atoms. The molecule has 1 N–H and O–H groups in total. The highest BCUT2D eigenvalue weighted by Crippen LogP contribution is 2.49. The first-order valence-electron chi connectivity index (χ1n) is 5.93. The van der Waals surface area contributed by atoms with Gasteiger partial charge in [0, 0.05) is 16.7 Å². The Kier molecular flexibility index (Phi) is 3.45. The van der Waals surface area contributed by atoms with Gasteiger partial charge in [-0.2, -0.15) is 13.2 Å².